The lowest BCUT2D eigenvalue weighted by Crippen LogP contribution is -2.32. The number of ether oxygens (including phenoxy) is 1. The Morgan fingerprint density at radius 1 is 1.06 bits per heavy atom. The van der Waals surface area contributed by atoms with Crippen molar-refractivity contribution < 1.29 is 4.74 Å². The van der Waals surface area contributed by atoms with Gasteiger partial charge in [0.1, 0.15) is 0 Å². The Balaban J connectivity index is 1.90. The van der Waals surface area contributed by atoms with Gasteiger partial charge in [-0.25, -0.2) is 0 Å². The van der Waals surface area contributed by atoms with Crippen LogP contribution in [0.15, 0.2) is 0 Å². The zero-order chi connectivity index (χ0) is 12.3. The predicted octanol–water partition coefficient (Wildman–Crippen LogP) is 2.22. The molecular weight excluding hydrogens is 212 g/mol. The van der Waals surface area contributed by atoms with Crippen molar-refractivity contribution >= 4 is 0 Å². The molecule has 17 heavy (non-hydrogen) atoms. The van der Waals surface area contributed by atoms with E-state index in [0.29, 0.717) is 0 Å². The molecule has 0 radical (unpaired) electrons. The van der Waals surface area contributed by atoms with E-state index in [-0.39, 0.29) is 0 Å². The molecule has 0 aromatic heterocycles. The molecule has 3 nitrogen and oxygen atoms in total. The second-order valence-electron chi connectivity index (χ2n) is 5.11. The quantitative estimate of drug-likeness (QED) is 0.577. The van der Waals surface area contributed by atoms with Gasteiger partial charge in [-0.15, -0.1) is 0 Å². The third kappa shape index (κ3) is 7.74. The molecule has 0 saturated carbocycles. The second-order valence-corrected chi connectivity index (χ2v) is 5.11. The molecule has 0 aliphatic carbocycles. The summed E-state index contributed by atoms with van der Waals surface area (Å²) in [4.78, 5) is 5.06. The minimum atomic E-state index is 0.846. The molecule has 0 amide bonds. The zero-order valence-electron chi connectivity index (χ0n) is 11.8. The Kier molecular flexibility index (Phi) is 8.67. The summed E-state index contributed by atoms with van der Waals surface area (Å²) in [6.07, 6.45) is 6.72. The number of rotatable bonds is 9. The summed E-state index contributed by atoms with van der Waals surface area (Å²) >= 11 is 0. The summed E-state index contributed by atoms with van der Waals surface area (Å²) in [6.45, 7) is 10.1. The van der Waals surface area contributed by atoms with E-state index in [4.69, 9.17) is 4.74 Å². The van der Waals surface area contributed by atoms with Gasteiger partial charge in [0, 0.05) is 19.8 Å². The maximum atomic E-state index is 5.35. The van der Waals surface area contributed by atoms with E-state index >= 15 is 0 Å². The van der Waals surface area contributed by atoms with Crippen LogP contribution in [0.5, 0.6) is 0 Å². The number of nitrogens with zero attached hydrogens (tertiary/aromatic N) is 2. The van der Waals surface area contributed by atoms with Crippen molar-refractivity contribution in [3.8, 4) is 0 Å². The van der Waals surface area contributed by atoms with Crippen molar-refractivity contribution in [1.29, 1.82) is 0 Å². The summed E-state index contributed by atoms with van der Waals surface area (Å²) in [7, 11) is 2.22. The molecule has 1 fully saturated rings. The molecule has 1 rings (SSSR count). The van der Waals surface area contributed by atoms with Crippen LogP contribution in [0.2, 0.25) is 0 Å². The minimum Gasteiger partial charge on any atom is -0.382 e. The highest BCUT2D eigenvalue weighted by Gasteiger charge is 2.09. The maximum Gasteiger partial charge on any atom is 0.0478 e. The lowest BCUT2D eigenvalue weighted by atomic mass is 10.1. The normalized spacial score (nSPS) is 17.8. The van der Waals surface area contributed by atoms with Crippen molar-refractivity contribution in [2.45, 2.75) is 39.0 Å². The highest BCUT2D eigenvalue weighted by atomic mass is 16.5. The Bertz CT molecular complexity index is 170. The lowest BCUT2D eigenvalue weighted by Gasteiger charge is -2.27. The van der Waals surface area contributed by atoms with Crippen LogP contribution in [-0.2, 0) is 4.74 Å². The van der Waals surface area contributed by atoms with E-state index in [1.807, 2.05) is 0 Å². The van der Waals surface area contributed by atoms with Gasteiger partial charge in [-0.2, -0.15) is 0 Å². The third-order valence-electron chi connectivity index (χ3n) is 3.50. The van der Waals surface area contributed by atoms with E-state index in [0.717, 1.165) is 19.6 Å². The highest BCUT2D eigenvalue weighted by Crippen LogP contribution is 2.08. The standard InChI is InChI=1S/C14H30N2O/c1-3-17-14-8-10-15(2)9-7-13-16-11-5-4-6-12-16/h3-14H2,1-2H3. The fourth-order valence-corrected chi connectivity index (χ4v) is 2.44. The van der Waals surface area contributed by atoms with Crippen molar-refractivity contribution in [2.75, 3.05) is 53.0 Å². The average Bonchev–Trinajstić information content (AvgIpc) is 2.36. The molecule has 0 atom stereocenters. The first-order chi connectivity index (χ1) is 8.33. The molecule has 1 aliphatic rings. The Morgan fingerprint density at radius 2 is 1.76 bits per heavy atom. The number of hydrogen-bond donors (Lipinski definition) is 0. The number of hydrogen-bond acceptors (Lipinski definition) is 3. The lowest BCUT2D eigenvalue weighted by molar-refractivity contribution is 0.134. The van der Waals surface area contributed by atoms with Gasteiger partial charge in [-0.3, -0.25) is 0 Å². The van der Waals surface area contributed by atoms with E-state index < -0.39 is 0 Å². The van der Waals surface area contributed by atoms with Gasteiger partial charge in [0.25, 0.3) is 0 Å². The molecule has 1 saturated heterocycles. The van der Waals surface area contributed by atoms with Gasteiger partial charge in [0.05, 0.1) is 0 Å². The van der Waals surface area contributed by atoms with E-state index in [2.05, 4.69) is 23.8 Å². The van der Waals surface area contributed by atoms with Gasteiger partial charge < -0.3 is 14.5 Å². The van der Waals surface area contributed by atoms with E-state index in [1.165, 1.54) is 58.4 Å². The molecule has 0 bridgehead atoms. The fourth-order valence-electron chi connectivity index (χ4n) is 2.44. The average molecular weight is 242 g/mol. The first-order valence-corrected chi connectivity index (χ1v) is 7.31. The predicted molar refractivity (Wildman–Crippen MR) is 73.5 cm³/mol. The van der Waals surface area contributed by atoms with Gasteiger partial charge in [-0.05, 0) is 65.8 Å². The molecule has 0 unspecified atom stereocenters. The topological polar surface area (TPSA) is 15.7 Å². The first-order valence-electron chi connectivity index (χ1n) is 7.31. The van der Waals surface area contributed by atoms with Gasteiger partial charge >= 0.3 is 0 Å². The minimum absolute atomic E-state index is 0.846. The van der Waals surface area contributed by atoms with Crippen LogP contribution in [0, 0.1) is 0 Å². The summed E-state index contributed by atoms with van der Waals surface area (Å²) in [6, 6.07) is 0. The summed E-state index contributed by atoms with van der Waals surface area (Å²) in [5.74, 6) is 0. The molecule has 0 spiro atoms. The van der Waals surface area contributed by atoms with Crippen LogP contribution in [0.25, 0.3) is 0 Å². The van der Waals surface area contributed by atoms with Crippen LogP contribution < -0.4 is 0 Å². The summed E-state index contributed by atoms with van der Waals surface area (Å²) in [5.41, 5.74) is 0. The monoisotopic (exact) mass is 242 g/mol. The third-order valence-corrected chi connectivity index (χ3v) is 3.50. The molecule has 102 valence electrons. The van der Waals surface area contributed by atoms with Crippen molar-refractivity contribution in [3.63, 3.8) is 0 Å². The van der Waals surface area contributed by atoms with Gasteiger partial charge in [0.2, 0.25) is 0 Å². The first kappa shape index (κ1) is 14.9. The Morgan fingerprint density at radius 3 is 2.47 bits per heavy atom. The fraction of sp³-hybridized carbons (Fsp3) is 1.00. The molecule has 3 heteroatoms. The summed E-state index contributed by atoms with van der Waals surface area (Å²) < 4.78 is 5.35. The molecule has 1 heterocycles. The molecule has 1 aliphatic heterocycles. The smallest absolute Gasteiger partial charge is 0.0478 e. The second kappa shape index (κ2) is 9.86. The van der Waals surface area contributed by atoms with Crippen LogP contribution in [-0.4, -0.2) is 62.8 Å². The molecule has 0 N–H and O–H groups in total. The van der Waals surface area contributed by atoms with E-state index in [1.54, 1.807) is 0 Å². The Labute approximate surface area is 107 Å². The van der Waals surface area contributed by atoms with Crippen LogP contribution in [0.4, 0.5) is 0 Å². The largest absolute Gasteiger partial charge is 0.382 e. The molecular formula is C14H30N2O. The SMILES string of the molecule is CCOCCCN(C)CCCN1CCCCC1. The van der Waals surface area contributed by atoms with Crippen molar-refractivity contribution in [1.82, 2.24) is 9.80 Å². The highest BCUT2D eigenvalue weighted by molar-refractivity contribution is 4.65. The number of likely N-dealkylation sites (tertiary alicyclic amines) is 1. The van der Waals surface area contributed by atoms with Crippen LogP contribution >= 0.6 is 0 Å². The number of piperidine rings is 1. The van der Waals surface area contributed by atoms with E-state index in [9.17, 15) is 0 Å². The maximum absolute atomic E-state index is 5.35. The van der Waals surface area contributed by atoms with Crippen molar-refractivity contribution in [3.05, 3.63) is 0 Å². The molecule has 0 aromatic rings. The van der Waals surface area contributed by atoms with Crippen LogP contribution in [0.3, 0.4) is 0 Å². The van der Waals surface area contributed by atoms with Gasteiger partial charge in [0.15, 0.2) is 0 Å². The Hall–Kier alpha value is -0.120. The summed E-state index contributed by atoms with van der Waals surface area (Å²) in [5, 5.41) is 0. The zero-order valence-corrected chi connectivity index (χ0v) is 11.8. The van der Waals surface area contributed by atoms with Crippen molar-refractivity contribution in [2.24, 2.45) is 0 Å². The van der Waals surface area contributed by atoms with Crippen LogP contribution in [0.1, 0.15) is 39.0 Å². The molecule has 0 aromatic carbocycles. The van der Waals surface area contributed by atoms with Gasteiger partial charge in [-0.1, -0.05) is 6.42 Å².